The number of likely N-dealkylation sites (tertiary alicyclic amines) is 1. The molecular formula is C23H35N3O. The Hall–Kier alpha value is -1.39. The fourth-order valence-electron chi connectivity index (χ4n) is 5.17. The molecule has 2 heterocycles. The SMILES string of the molecule is CCC1(N2CCC(N(Cc3ccccc3)C(=O)C3CC3)CC2)CCNCC1. The molecule has 1 aromatic carbocycles. The Kier molecular flexibility index (Phi) is 5.84. The number of amides is 1. The van der Waals surface area contributed by atoms with E-state index in [1.54, 1.807) is 0 Å². The zero-order valence-electron chi connectivity index (χ0n) is 16.8. The van der Waals surface area contributed by atoms with Crippen molar-refractivity contribution in [2.75, 3.05) is 26.2 Å². The monoisotopic (exact) mass is 369 g/mol. The molecule has 1 amide bonds. The molecule has 4 nitrogen and oxygen atoms in total. The Bertz CT molecular complexity index is 614. The number of nitrogens with zero attached hydrogens (tertiary/aromatic N) is 2. The maximum Gasteiger partial charge on any atom is 0.226 e. The van der Waals surface area contributed by atoms with Gasteiger partial charge in [0.2, 0.25) is 5.91 Å². The molecule has 4 heteroatoms. The average molecular weight is 370 g/mol. The van der Waals surface area contributed by atoms with Crippen molar-refractivity contribution in [3.63, 3.8) is 0 Å². The molecule has 0 spiro atoms. The van der Waals surface area contributed by atoms with Crippen molar-refractivity contribution in [3.8, 4) is 0 Å². The largest absolute Gasteiger partial charge is 0.335 e. The minimum absolute atomic E-state index is 0.304. The van der Waals surface area contributed by atoms with Gasteiger partial charge in [-0.2, -0.15) is 0 Å². The summed E-state index contributed by atoms with van der Waals surface area (Å²) in [6, 6.07) is 10.9. The van der Waals surface area contributed by atoms with Crippen LogP contribution in [-0.4, -0.2) is 53.5 Å². The molecule has 1 aliphatic carbocycles. The maximum absolute atomic E-state index is 13.0. The lowest BCUT2D eigenvalue weighted by atomic mass is 9.82. The quantitative estimate of drug-likeness (QED) is 0.834. The highest BCUT2D eigenvalue weighted by Gasteiger charge is 2.41. The summed E-state index contributed by atoms with van der Waals surface area (Å²) in [7, 11) is 0. The summed E-state index contributed by atoms with van der Waals surface area (Å²) in [5.41, 5.74) is 1.65. The molecule has 3 fully saturated rings. The second-order valence-electron chi connectivity index (χ2n) is 8.77. The van der Waals surface area contributed by atoms with E-state index in [2.05, 4.69) is 52.4 Å². The average Bonchev–Trinajstić information content (AvgIpc) is 3.58. The summed E-state index contributed by atoms with van der Waals surface area (Å²) in [5, 5.41) is 3.52. The Morgan fingerprint density at radius 2 is 1.78 bits per heavy atom. The molecule has 1 N–H and O–H groups in total. The standard InChI is InChI=1S/C23H35N3O/c1-2-23(12-14-24-15-13-23)25-16-10-21(11-17-25)26(22(27)20-8-9-20)18-19-6-4-3-5-7-19/h3-7,20-21,24H,2,8-18H2,1H3. The molecule has 2 aliphatic heterocycles. The van der Waals surface area contributed by atoms with Crippen molar-refractivity contribution in [3.05, 3.63) is 35.9 Å². The highest BCUT2D eigenvalue weighted by molar-refractivity contribution is 5.81. The van der Waals surface area contributed by atoms with E-state index in [1.165, 1.54) is 24.8 Å². The van der Waals surface area contributed by atoms with Gasteiger partial charge in [0.25, 0.3) is 0 Å². The van der Waals surface area contributed by atoms with E-state index < -0.39 is 0 Å². The Morgan fingerprint density at radius 1 is 1.11 bits per heavy atom. The molecule has 0 aromatic heterocycles. The predicted octanol–water partition coefficient (Wildman–Crippen LogP) is 3.42. The van der Waals surface area contributed by atoms with Gasteiger partial charge in [0.1, 0.15) is 0 Å². The van der Waals surface area contributed by atoms with E-state index in [-0.39, 0.29) is 0 Å². The van der Waals surface area contributed by atoms with Crippen molar-refractivity contribution in [2.24, 2.45) is 5.92 Å². The molecule has 2 saturated heterocycles. The summed E-state index contributed by atoms with van der Waals surface area (Å²) in [6.45, 7) is 7.71. The number of piperidine rings is 2. The molecule has 0 radical (unpaired) electrons. The van der Waals surface area contributed by atoms with E-state index in [0.717, 1.165) is 58.4 Å². The Labute approximate surface area is 164 Å². The van der Waals surface area contributed by atoms with E-state index in [0.29, 0.717) is 23.4 Å². The van der Waals surface area contributed by atoms with E-state index >= 15 is 0 Å². The van der Waals surface area contributed by atoms with Crippen molar-refractivity contribution in [2.45, 2.75) is 70.0 Å². The van der Waals surface area contributed by atoms with Gasteiger partial charge < -0.3 is 10.2 Å². The van der Waals surface area contributed by atoms with Gasteiger partial charge in [0.05, 0.1) is 0 Å². The van der Waals surface area contributed by atoms with Crippen LogP contribution in [0.15, 0.2) is 30.3 Å². The smallest absolute Gasteiger partial charge is 0.226 e. The van der Waals surface area contributed by atoms with Gasteiger partial charge in [-0.05, 0) is 63.6 Å². The molecular weight excluding hydrogens is 334 g/mol. The zero-order chi connectivity index (χ0) is 18.7. The lowest BCUT2D eigenvalue weighted by molar-refractivity contribution is -0.137. The number of benzene rings is 1. The third-order valence-electron chi connectivity index (χ3n) is 7.17. The van der Waals surface area contributed by atoms with Crippen LogP contribution in [0, 0.1) is 5.92 Å². The second kappa shape index (κ2) is 8.32. The van der Waals surface area contributed by atoms with Crippen LogP contribution in [0.5, 0.6) is 0 Å². The minimum atomic E-state index is 0.304. The van der Waals surface area contributed by atoms with Crippen LogP contribution in [0.25, 0.3) is 0 Å². The lowest BCUT2D eigenvalue weighted by Crippen LogP contribution is -2.58. The molecule has 4 rings (SSSR count). The Balaban J connectivity index is 1.42. The number of nitrogens with one attached hydrogen (secondary N) is 1. The molecule has 0 unspecified atom stereocenters. The third-order valence-corrected chi connectivity index (χ3v) is 7.17. The zero-order valence-corrected chi connectivity index (χ0v) is 16.8. The molecule has 148 valence electrons. The number of hydrogen-bond donors (Lipinski definition) is 1. The molecule has 0 atom stereocenters. The number of carbonyl (C=O) groups is 1. The van der Waals surface area contributed by atoms with E-state index in [9.17, 15) is 4.79 Å². The van der Waals surface area contributed by atoms with Gasteiger partial charge in [-0.3, -0.25) is 9.69 Å². The van der Waals surface area contributed by atoms with Crippen LogP contribution in [0.2, 0.25) is 0 Å². The summed E-state index contributed by atoms with van der Waals surface area (Å²) >= 11 is 0. The molecule has 27 heavy (non-hydrogen) atoms. The fraction of sp³-hybridized carbons (Fsp3) is 0.696. The first-order valence-electron chi connectivity index (χ1n) is 11.0. The van der Waals surface area contributed by atoms with Crippen molar-refractivity contribution in [1.82, 2.24) is 15.1 Å². The van der Waals surface area contributed by atoms with Crippen LogP contribution >= 0.6 is 0 Å². The molecule has 1 aromatic rings. The van der Waals surface area contributed by atoms with E-state index in [4.69, 9.17) is 0 Å². The lowest BCUT2D eigenvalue weighted by Gasteiger charge is -2.50. The predicted molar refractivity (Wildman–Crippen MR) is 109 cm³/mol. The van der Waals surface area contributed by atoms with Crippen LogP contribution in [0.3, 0.4) is 0 Å². The third kappa shape index (κ3) is 4.22. The molecule has 3 aliphatic rings. The topological polar surface area (TPSA) is 35.6 Å². The Morgan fingerprint density at radius 3 is 2.37 bits per heavy atom. The number of hydrogen-bond acceptors (Lipinski definition) is 3. The van der Waals surface area contributed by atoms with Crippen LogP contribution in [0.1, 0.15) is 57.4 Å². The van der Waals surface area contributed by atoms with Gasteiger partial charge >= 0.3 is 0 Å². The number of rotatable bonds is 6. The highest BCUT2D eigenvalue weighted by atomic mass is 16.2. The first-order chi connectivity index (χ1) is 13.2. The first-order valence-corrected chi connectivity index (χ1v) is 11.0. The van der Waals surface area contributed by atoms with Crippen molar-refractivity contribution in [1.29, 1.82) is 0 Å². The highest BCUT2D eigenvalue weighted by Crippen LogP contribution is 2.36. The van der Waals surface area contributed by atoms with Gasteiger partial charge in [-0.25, -0.2) is 0 Å². The van der Waals surface area contributed by atoms with Gasteiger partial charge in [0, 0.05) is 37.1 Å². The normalized spacial score (nSPS) is 23.9. The van der Waals surface area contributed by atoms with Crippen molar-refractivity contribution >= 4 is 5.91 Å². The fourth-order valence-corrected chi connectivity index (χ4v) is 5.17. The first kappa shape index (κ1) is 18.9. The molecule has 1 saturated carbocycles. The van der Waals surface area contributed by atoms with Crippen LogP contribution in [0.4, 0.5) is 0 Å². The summed E-state index contributed by atoms with van der Waals surface area (Å²) in [4.78, 5) is 18.0. The summed E-state index contributed by atoms with van der Waals surface area (Å²) in [5.74, 6) is 0.711. The molecule has 0 bridgehead atoms. The van der Waals surface area contributed by atoms with Gasteiger partial charge in [-0.15, -0.1) is 0 Å². The summed E-state index contributed by atoms with van der Waals surface area (Å²) in [6.07, 6.45) is 8.21. The van der Waals surface area contributed by atoms with Gasteiger partial charge in [0.15, 0.2) is 0 Å². The van der Waals surface area contributed by atoms with Crippen LogP contribution in [-0.2, 0) is 11.3 Å². The van der Waals surface area contributed by atoms with Crippen LogP contribution < -0.4 is 5.32 Å². The van der Waals surface area contributed by atoms with Gasteiger partial charge in [-0.1, -0.05) is 37.3 Å². The summed E-state index contributed by atoms with van der Waals surface area (Å²) < 4.78 is 0. The second-order valence-corrected chi connectivity index (χ2v) is 8.77. The van der Waals surface area contributed by atoms with E-state index in [1.807, 2.05) is 0 Å². The van der Waals surface area contributed by atoms with Crippen molar-refractivity contribution < 1.29 is 4.79 Å². The maximum atomic E-state index is 13.0. The minimum Gasteiger partial charge on any atom is -0.335 e. The number of carbonyl (C=O) groups excluding carboxylic acids is 1.